The summed E-state index contributed by atoms with van der Waals surface area (Å²) >= 11 is 0. The summed E-state index contributed by atoms with van der Waals surface area (Å²) in [5.41, 5.74) is 3.80. The fourth-order valence-corrected chi connectivity index (χ4v) is 1.99. The number of fused-ring (bicyclic) bond motifs is 1. The zero-order valence-corrected chi connectivity index (χ0v) is 9.07. The molecule has 2 heterocycles. The first kappa shape index (κ1) is 9.35. The SMILES string of the molecule is Cn1ncc(Nc2cccc3c2CNC3)n1. The van der Waals surface area contributed by atoms with Gasteiger partial charge in [0.2, 0.25) is 0 Å². The molecule has 1 aromatic carbocycles. The summed E-state index contributed by atoms with van der Waals surface area (Å²) in [4.78, 5) is 1.55. The lowest BCUT2D eigenvalue weighted by atomic mass is 10.1. The average molecular weight is 215 g/mol. The van der Waals surface area contributed by atoms with Gasteiger partial charge in [-0.05, 0) is 17.2 Å². The summed E-state index contributed by atoms with van der Waals surface area (Å²) in [5, 5.41) is 14.9. The fraction of sp³-hybridized carbons (Fsp3) is 0.273. The minimum atomic E-state index is 0.780. The Kier molecular flexibility index (Phi) is 2.11. The van der Waals surface area contributed by atoms with Crippen LogP contribution < -0.4 is 10.6 Å². The summed E-state index contributed by atoms with van der Waals surface area (Å²) in [6.07, 6.45) is 1.72. The van der Waals surface area contributed by atoms with Crippen molar-refractivity contribution in [2.75, 3.05) is 5.32 Å². The molecule has 0 amide bonds. The van der Waals surface area contributed by atoms with Gasteiger partial charge in [0.1, 0.15) is 0 Å². The highest BCUT2D eigenvalue weighted by atomic mass is 15.5. The summed E-state index contributed by atoms with van der Waals surface area (Å²) in [7, 11) is 1.81. The number of hydrogen-bond acceptors (Lipinski definition) is 4. The van der Waals surface area contributed by atoms with E-state index in [9.17, 15) is 0 Å². The molecule has 0 saturated heterocycles. The molecule has 2 N–H and O–H groups in total. The van der Waals surface area contributed by atoms with Crippen LogP contribution in [0.1, 0.15) is 11.1 Å². The van der Waals surface area contributed by atoms with E-state index in [-0.39, 0.29) is 0 Å². The third-order valence-electron chi connectivity index (χ3n) is 2.75. The van der Waals surface area contributed by atoms with Crippen LogP contribution in [-0.4, -0.2) is 15.0 Å². The highest BCUT2D eigenvalue weighted by Crippen LogP contribution is 2.25. The Balaban J connectivity index is 1.93. The summed E-state index contributed by atoms with van der Waals surface area (Å²) in [5.74, 6) is 0.780. The number of hydrogen-bond donors (Lipinski definition) is 2. The normalized spacial score (nSPS) is 13.8. The molecule has 0 bridgehead atoms. The number of nitrogens with zero attached hydrogens (tertiary/aromatic N) is 3. The molecular weight excluding hydrogens is 202 g/mol. The number of rotatable bonds is 2. The number of anilines is 2. The van der Waals surface area contributed by atoms with E-state index in [2.05, 4.69) is 39.0 Å². The quantitative estimate of drug-likeness (QED) is 0.789. The summed E-state index contributed by atoms with van der Waals surface area (Å²) in [6.45, 7) is 1.87. The predicted octanol–water partition coefficient (Wildman–Crippen LogP) is 1.16. The van der Waals surface area contributed by atoms with E-state index in [4.69, 9.17) is 0 Å². The van der Waals surface area contributed by atoms with E-state index in [0.717, 1.165) is 24.6 Å². The summed E-state index contributed by atoms with van der Waals surface area (Å²) in [6, 6.07) is 6.28. The maximum atomic E-state index is 4.21. The lowest BCUT2D eigenvalue weighted by Crippen LogP contribution is -2.01. The van der Waals surface area contributed by atoms with Crippen molar-refractivity contribution in [2.45, 2.75) is 13.1 Å². The molecule has 5 heteroatoms. The maximum Gasteiger partial charge on any atom is 0.172 e. The molecule has 0 aliphatic carbocycles. The van der Waals surface area contributed by atoms with Crippen molar-refractivity contribution in [3.63, 3.8) is 0 Å². The maximum absolute atomic E-state index is 4.21. The Morgan fingerprint density at radius 1 is 1.38 bits per heavy atom. The molecule has 3 rings (SSSR count). The van der Waals surface area contributed by atoms with Gasteiger partial charge in [-0.3, -0.25) is 0 Å². The highest BCUT2D eigenvalue weighted by Gasteiger charge is 2.14. The Morgan fingerprint density at radius 2 is 2.31 bits per heavy atom. The highest BCUT2D eigenvalue weighted by molar-refractivity contribution is 5.62. The Bertz CT molecular complexity index is 517. The third kappa shape index (κ3) is 1.55. The largest absolute Gasteiger partial charge is 0.337 e. The van der Waals surface area contributed by atoms with E-state index >= 15 is 0 Å². The van der Waals surface area contributed by atoms with Gasteiger partial charge in [0.25, 0.3) is 0 Å². The lowest BCUT2D eigenvalue weighted by molar-refractivity contribution is 0.656. The minimum absolute atomic E-state index is 0.780. The van der Waals surface area contributed by atoms with E-state index in [0.29, 0.717) is 0 Å². The van der Waals surface area contributed by atoms with E-state index in [1.807, 2.05) is 7.05 Å². The molecule has 0 fully saturated rings. The van der Waals surface area contributed by atoms with Gasteiger partial charge >= 0.3 is 0 Å². The van der Waals surface area contributed by atoms with Gasteiger partial charge in [-0.15, -0.1) is 5.10 Å². The molecule has 1 aromatic heterocycles. The molecule has 1 aliphatic rings. The molecule has 2 aromatic rings. The number of aryl methyl sites for hydroxylation is 1. The van der Waals surface area contributed by atoms with Crippen LogP contribution in [0.3, 0.4) is 0 Å². The van der Waals surface area contributed by atoms with Crippen molar-refractivity contribution >= 4 is 11.5 Å². The monoisotopic (exact) mass is 215 g/mol. The second-order valence-electron chi connectivity index (χ2n) is 3.89. The Morgan fingerprint density at radius 3 is 3.12 bits per heavy atom. The molecule has 1 aliphatic heterocycles. The third-order valence-corrected chi connectivity index (χ3v) is 2.75. The Hall–Kier alpha value is -1.88. The molecule has 0 spiro atoms. The fourth-order valence-electron chi connectivity index (χ4n) is 1.99. The van der Waals surface area contributed by atoms with Gasteiger partial charge in [-0.1, -0.05) is 12.1 Å². The van der Waals surface area contributed by atoms with E-state index in [1.165, 1.54) is 11.1 Å². The number of benzene rings is 1. The van der Waals surface area contributed by atoms with Gasteiger partial charge in [0.05, 0.1) is 6.20 Å². The lowest BCUT2D eigenvalue weighted by Gasteiger charge is -2.07. The van der Waals surface area contributed by atoms with Crippen LogP contribution in [0, 0.1) is 0 Å². The van der Waals surface area contributed by atoms with Crippen LogP contribution >= 0.6 is 0 Å². The second-order valence-corrected chi connectivity index (χ2v) is 3.89. The first-order chi connectivity index (χ1) is 7.83. The van der Waals surface area contributed by atoms with Gasteiger partial charge in [-0.2, -0.15) is 9.90 Å². The van der Waals surface area contributed by atoms with Gasteiger partial charge in [0, 0.05) is 25.8 Å². The van der Waals surface area contributed by atoms with Crippen molar-refractivity contribution in [3.8, 4) is 0 Å². The first-order valence-electron chi connectivity index (χ1n) is 5.28. The molecule has 0 atom stereocenters. The minimum Gasteiger partial charge on any atom is -0.337 e. The van der Waals surface area contributed by atoms with Gasteiger partial charge in [-0.25, -0.2) is 0 Å². The molecule has 5 nitrogen and oxygen atoms in total. The predicted molar refractivity (Wildman–Crippen MR) is 61.3 cm³/mol. The van der Waals surface area contributed by atoms with Crippen molar-refractivity contribution in [3.05, 3.63) is 35.5 Å². The number of aromatic nitrogens is 3. The van der Waals surface area contributed by atoms with Crippen LogP contribution in [0.25, 0.3) is 0 Å². The van der Waals surface area contributed by atoms with Gasteiger partial charge < -0.3 is 10.6 Å². The average Bonchev–Trinajstić information content (AvgIpc) is 2.87. The topological polar surface area (TPSA) is 54.8 Å². The van der Waals surface area contributed by atoms with Crippen molar-refractivity contribution in [1.29, 1.82) is 0 Å². The van der Waals surface area contributed by atoms with Crippen LogP contribution in [0.2, 0.25) is 0 Å². The van der Waals surface area contributed by atoms with E-state index in [1.54, 1.807) is 11.0 Å². The Labute approximate surface area is 93.5 Å². The zero-order valence-electron chi connectivity index (χ0n) is 9.07. The number of nitrogens with one attached hydrogen (secondary N) is 2. The molecule has 0 saturated carbocycles. The molecule has 0 unspecified atom stereocenters. The zero-order chi connectivity index (χ0) is 11.0. The van der Waals surface area contributed by atoms with Crippen LogP contribution in [-0.2, 0) is 20.1 Å². The van der Waals surface area contributed by atoms with Crippen LogP contribution in [0.4, 0.5) is 11.5 Å². The van der Waals surface area contributed by atoms with Crippen molar-refractivity contribution in [1.82, 2.24) is 20.3 Å². The summed E-state index contributed by atoms with van der Waals surface area (Å²) < 4.78 is 0. The molecular formula is C11H13N5. The van der Waals surface area contributed by atoms with Crippen LogP contribution in [0.15, 0.2) is 24.4 Å². The van der Waals surface area contributed by atoms with Gasteiger partial charge in [0.15, 0.2) is 5.82 Å². The van der Waals surface area contributed by atoms with Crippen LogP contribution in [0.5, 0.6) is 0 Å². The second kappa shape index (κ2) is 3.61. The van der Waals surface area contributed by atoms with Crippen molar-refractivity contribution < 1.29 is 0 Å². The van der Waals surface area contributed by atoms with E-state index < -0.39 is 0 Å². The molecule has 82 valence electrons. The molecule has 16 heavy (non-hydrogen) atoms. The van der Waals surface area contributed by atoms with Crippen molar-refractivity contribution in [2.24, 2.45) is 7.05 Å². The first-order valence-corrected chi connectivity index (χ1v) is 5.28. The smallest absolute Gasteiger partial charge is 0.172 e. The standard InChI is InChI=1S/C11H13N5/c1-16-13-7-11(15-16)14-10-4-2-3-8-5-12-6-9(8)10/h2-4,7,12H,5-6H2,1H3,(H,14,15). The molecule has 0 radical (unpaired) electrons.